The van der Waals surface area contributed by atoms with Crippen molar-refractivity contribution in [3.63, 3.8) is 0 Å². The maximum Gasteiger partial charge on any atom is 0.244 e. The van der Waals surface area contributed by atoms with Crippen LogP contribution in [-0.2, 0) is 4.79 Å². The van der Waals surface area contributed by atoms with Crippen LogP contribution in [0.15, 0.2) is 0 Å². The molecule has 0 aromatic heterocycles. The first-order valence-corrected chi connectivity index (χ1v) is 3.40. The number of rotatable bonds is 3. The monoisotopic (exact) mass is 134 g/mol. The summed E-state index contributed by atoms with van der Waals surface area (Å²) in [5, 5.41) is -0.528. The average Bonchev–Trinajstić information content (AvgIpc) is 1.67. The summed E-state index contributed by atoms with van der Waals surface area (Å²) in [6.45, 7) is 1.92. The van der Waals surface area contributed by atoms with E-state index in [2.05, 4.69) is 0 Å². The Labute approximate surface area is 52.8 Å². The Hall–Kier alpha value is -0.220. The van der Waals surface area contributed by atoms with E-state index < -0.39 is 11.3 Å². The molecule has 0 rings (SSSR count). The molecule has 8 heavy (non-hydrogen) atoms. The fourth-order valence-corrected chi connectivity index (χ4v) is 0.785. The largest absolute Gasteiger partial charge is 0.368 e. The molecule has 4 heteroatoms. The summed E-state index contributed by atoms with van der Waals surface area (Å²) in [4.78, 5) is 10.2. The molecule has 3 nitrogen and oxygen atoms in total. The summed E-state index contributed by atoms with van der Waals surface area (Å²) < 4.78 is 0. The molecule has 1 atom stereocenters. The van der Waals surface area contributed by atoms with Crippen molar-refractivity contribution in [3.05, 3.63) is 0 Å². The van der Waals surface area contributed by atoms with Crippen LogP contribution in [0.25, 0.3) is 0 Å². The third-order valence-electron chi connectivity index (χ3n) is 0.627. The molecule has 48 valence electrons. The van der Waals surface area contributed by atoms with Crippen molar-refractivity contribution < 1.29 is 4.79 Å². The predicted molar refractivity (Wildman–Crippen MR) is 35.3 cm³/mol. The molecule has 4 N–H and O–H groups in total. The van der Waals surface area contributed by atoms with Gasteiger partial charge in [0.05, 0.1) is 0 Å². The fourth-order valence-electron chi connectivity index (χ4n) is 0.262. The molecule has 0 radical (unpaired) electrons. The van der Waals surface area contributed by atoms with Crippen molar-refractivity contribution in [1.29, 1.82) is 0 Å². The average molecular weight is 134 g/mol. The highest BCUT2D eigenvalue weighted by molar-refractivity contribution is 8.00. The van der Waals surface area contributed by atoms with E-state index in [0.717, 1.165) is 5.75 Å². The topological polar surface area (TPSA) is 69.1 Å². The minimum Gasteiger partial charge on any atom is -0.368 e. The van der Waals surface area contributed by atoms with Gasteiger partial charge >= 0.3 is 0 Å². The minimum absolute atomic E-state index is 0.447. The van der Waals surface area contributed by atoms with Gasteiger partial charge in [0.25, 0.3) is 0 Å². The highest BCUT2D eigenvalue weighted by atomic mass is 32.2. The van der Waals surface area contributed by atoms with Crippen LogP contribution in [0.3, 0.4) is 0 Å². The lowest BCUT2D eigenvalue weighted by Gasteiger charge is -2.01. The summed E-state index contributed by atoms with van der Waals surface area (Å²) in [6.07, 6.45) is 0. The quantitative estimate of drug-likeness (QED) is 0.512. The van der Waals surface area contributed by atoms with Gasteiger partial charge in [0.15, 0.2) is 0 Å². The Balaban J connectivity index is 3.32. The molecule has 0 unspecified atom stereocenters. The maximum absolute atomic E-state index is 10.2. The summed E-state index contributed by atoms with van der Waals surface area (Å²) in [5.41, 5.74) is 10.1. The summed E-state index contributed by atoms with van der Waals surface area (Å²) >= 11 is 1.34. The van der Waals surface area contributed by atoms with E-state index in [1.807, 2.05) is 6.92 Å². The molecule has 0 aliphatic rings. The lowest BCUT2D eigenvalue weighted by atomic mass is 10.6. The predicted octanol–water partition coefficient (Wildman–Crippen LogP) is -0.490. The number of carbonyl (C=O) groups excluding carboxylic acids is 1. The first-order chi connectivity index (χ1) is 3.68. The van der Waals surface area contributed by atoms with Crippen LogP contribution in [0.4, 0.5) is 0 Å². The highest BCUT2D eigenvalue weighted by Gasteiger charge is 2.05. The van der Waals surface area contributed by atoms with Gasteiger partial charge in [-0.25, -0.2) is 0 Å². The van der Waals surface area contributed by atoms with E-state index in [1.165, 1.54) is 11.8 Å². The molecule has 0 aromatic carbocycles. The first-order valence-electron chi connectivity index (χ1n) is 2.35. The molecule has 0 spiro atoms. The van der Waals surface area contributed by atoms with Crippen molar-refractivity contribution in [1.82, 2.24) is 0 Å². The Morgan fingerprint density at radius 1 is 1.88 bits per heavy atom. The van der Waals surface area contributed by atoms with Crippen LogP contribution in [0.2, 0.25) is 0 Å². The van der Waals surface area contributed by atoms with Gasteiger partial charge in [-0.2, -0.15) is 0 Å². The van der Waals surface area contributed by atoms with Gasteiger partial charge in [0.2, 0.25) is 5.91 Å². The normalized spacial score (nSPS) is 13.2. The Bertz CT molecular complexity index is 86.1. The zero-order valence-corrected chi connectivity index (χ0v) is 5.57. The lowest BCUT2D eigenvalue weighted by molar-refractivity contribution is -0.117. The van der Waals surface area contributed by atoms with Gasteiger partial charge in [-0.15, -0.1) is 11.8 Å². The summed E-state index contributed by atoms with van der Waals surface area (Å²) in [7, 11) is 0. The Morgan fingerprint density at radius 2 is 2.38 bits per heavy atom. The molecule has 0 bridgehead atoms. The Kier molecular flexibility index (Phi) is 3.64. The Morgan fingerprint density at radius 3 is 2.50 bits per heavy atom. The third kappa shape index (κ3) is 2.87. The summed E-state index contributed by atoms with van der Waals surface area (Å²) in [6, 6.07) is 0. The standard InChI is InChI=1S/C4H10N2OS/c1-2-8-4(6)3(5)7/h4H,2,6H2,1H3,(H2,5,7)/t4-/m0/s1. The van der Waals surface area contributed by atoms with Gasteiger partial charge < -0.3 is 11.5 Å². The van der Waals surface area contributed by atoms with Crippen molar-refractivity contribution in [2.45, 2.75) is 12.3 Å². The second-order valence-corrected chi connectivity index (χ2v) is 2.70. The second-order valence-electron chi connectivity index (χ2n) is 1.28. The number of nitrogens with two attached hydrogens (primary N) is 2. The number of hydrogen-bond donors (Lipinski definition) is 2. The fraction of sp³-hybridized carbons (Fsp3) is 0.750. The number of primary amides is 1. The van der Waals surface area contributed by atoms with E-state index >= 15 is 0 Å². The van der Waals surface area contributed by atoms with Gasteiger partial charge in [0, 0.05) is 0 Å². The molecule has 0 saturated heterocycles. The number of carbonyl (C=O) groups is 1. The first kappa shape index (κ1) is 7.78. The number of thioether (sulfide) groups is 1. The van der Waals surface area contributed by atoms with Gasteiger partial charge in [-0.05, 0) is 5.75 Å². The van der Waals surface area contributed by atoms with E-state index in [0.29, 0.717) is 0 Å². The van der Waals surface area contributed by atoms with E-state index in [1.54, 1.807) is 0 Å². The highest BCUT2D eigenvalue weighted by Crippen LogP contribution is 2.01. The molecule has 0 heterocycles. The molecular weight excluding hydrogens is 124 g/mol. The van der Waals surface area contributed by atoms with Crippen LogP contribution in [0.5, 0.6) is 0 Å². The van der Waals surface area contributed by atoms with Crippen LogP contribution in [0, 0.1) is 0 Å². The summed E-state index contributed by atoms with van der Waals surface area (Å²) in [5.74, 6) is 0.376. The van der Waals surface area contributed by atoms with E-state index in [9.17, 15) is 4.79 Å². The van der Waals surface area contributed by atoms with Crippen LogP contribution in [0.1, 0.15) is 6.92 Å². The van der Waals surface area contributed by atoms with Gasteiger partial charge in [0.1, 0.15) is 5.37 Å². The smallest absolute Gasteiger partial charge is 0.244 e. The van der Waals surface area contributed by atoms with Crippen LogP contribution >= 0.6 is 11.8 Å². The lowest BCUT2D eigenvalue weighted by Crippen LogP contribution is -2.33. The van der Waals surface area contributed by atoms with Crippen molar-refractivity contribution >= 4 is 17.7 Å². The van der Waals surface area contributed by atoms with E-state index in [4.69, 9.17) is 11.5 Å². The minimum atomic E-state index is -0.528. The molecule has 0 aliphatic carbocycles. The van der Waals surface area contributed by atoms with Crippen LogP contribution < -0.4 is 11.5 Å². The molecule has 0 fully saturated rings. The molecular formula is C4H10N2OS. The van der Waals surface area contributed by atoms with Crippen molar-refractivity contribution in [2.24, 2.45) is 11.5 Å². The van der Waals surface area contributed by atoms with Gasteiger partial charge in [-0.3, -0.25) is 4.79 Å². The van der Waals surface area contributed by atoms with Gasteiger partial charge in [-0.1, -0.05) is 6.92 Å². The maximum atomic E-state index is 10.2. The molecule has 0 aliphatic heterocycles. The second kappa shape index (κ2) is 3.74. The van der Waals surface area contributed by atoms with Crippen molar-refractivity contribution in [3.8, 4) is 0 Å². The molecule has 1 amide bonds. The van der Waals surface area contributed by atoms with E-state index in [-0.39, 0.29) is 0 Å². The molecule has 0 aromatic rings. The third-order valence-corrected chi connectivity index (χ3v) is 1.55. The number of amides is 1. The van der Waals surface area contributed by atoms with Crippen molar-refractivity contribution in [2.75, 3.05) is 5.75 Å². The zero-order chi connectivity index (χ0) is 6.57. The van der Waals surface area contributed by atoms with Crippen LogP contribution in [-0.4, -0.2) is 17.0 Å². The SMILES string of the molecule is CCS[C@H](N)C(N)=O. The number of hydrogen-bond acceptors (Lipinski definition) is 3. The zero-order valence-electron chi connectivity index (χ0n) is 4.76. The molecule has 0 saturated carbocycles.